The average Bonchev–Trinajstić information content (AvgIpc) is 3.13. The maximum absolute atomic E-state index is 13.0. The van der Waals surface area contributed by atoms with Crippen molar-refractivity contribution >= 4 is 29.0 Å². The summed E-state index contributed by atoms with van der Waals surface area (Å²) in [5.74, 6) is -0.830. The first-order valence-electron chi connectivity index (χ1n) is 8.89. The first kappa shape index (κ1) is 19.4. The zero-order valence-electron chi connectivity index (χ0n) is 15.1. The van der Waals surface area contributed by atoms with Gasteiger partial charge in [0, 0.05) is 31.2 Å². The maximum Gasteiger partial charge on any atom is 0.453 e. The Balaban J connectivity index is 1.44. The van der Waals surface area contributed by atoms with E-state index in [-0.39, 0.29) is 18.0 Å². The summed E-state index contributed by atoms with van der Waals surface area (Å²) < 4.78 is 39.8. The summed E-state index contributed by atoms with van der Waals surface area (Å²) in [4.78, 5) is 16.1. The lowest BCUT2D eigenvalue weighted by Crippen LogP contribution is -2.49. The van der Waals surface area contributed by atoms with Gasteiger partial charge < -0.3 is 9.80 Å². The number of rotatable bonds is 3. The monoisotopic (exact) mass is 424 g/mol. The summed E-state index contributed by atoms with van der Waals surface area (Å²) in [6.07, 6.45) is -4.44. The van der Waals surface area contributed by atoms with Crippen LogP contribution in [-0.4, -0.2) is 56.8 Å². The number of nitrogens with zero attached hydrogens (tertiary/aromatic N) is 6. The molecule has 1 aliphatic heterocycles. The largest absolute Gasteiger partial charge is 0.453 e. The van der Waals surface area contributed by atoms with E-state index >= 15 is 0 Å². The number of fused-ring (bicyclic) bond motifs is 1. The number of halogens is 4. The highest BCUT2D eigenvalue weighted by atomic mass is 35.5. The van der Waals surface area contributed by atoms with Crippen LogP contribution in [0.2, 0.25) is 5.02 Å². The highest BCUT2D eigenvalue weighted by Gasteiger charge is 2.38. The lowest BCUT2D eigenvalue weighted by molar-refractivity contribution is -0.146. The van der Waals surface area contributed by atoms with Gasteiger partial charge in [-0.05, 0) is 23.8 Å². The van der Waals surface area contributed by atoms with Gasteiger partial charge in [-0.15, -0.1) is 15.3 Å². The van der Waals surface area contributed by atoms with E-state index in [0.717, 1.165) is 5.56 Å². The van der Waals surface area contributed by atoms with Crippen molar-refractivity contribution in [2.75, 3.05) is 31.1 Å². The second-order valence-electron chi connectivity index (χ2n) is 6.62. The minimum absolute atomic E-state index is 0.0228. The Morgan fingerprint density at radius 2 is 1.76 bits per heavy atom. The van der Waals surface area contributed by atoms with Gasteiger partial charge in [-0.3, -0.25) is 4.79 Å². The first-order valence-corrected chi connectivity index (χ1v) is 9.26. The fourth-order valence-electron chi connectivity index (χ4n) is 3.23. The SMILES string of the molecule is O=C(Cc1ccccc1Cl)N1CCN(c2ccc3nnc(C(F)(F)F)n3n2)CC1. The molecule has 0 atom stereocenters. The second kappa shape index (κ2) is 7.51. The van der Waals surface area contributed by atoms with Crippen molar-refractivity contribution in [1.82, 2.24) is 24.7 Å². The van der Waals surface area contributed by atoms with E-state index < -0.39 is 12.0 Å². The molecule has 0 bridgehead atoms. The molecule has 0 unspecified atom stereocenters. The summed E-state index contributed by atoms with van der Waals surface area (Å²) in [5.41, 5.74) is 0.788. The molecule has 0 radical (unpaired) electrons. The molecule has 29 heavy (non-hydrogen) atoms. The molecule has 7 nitrogen and oxygen atoms in total. The summed E-state index contributed by atoms with van der Waals surface area (Å²) in [6, 6.07) is 10.2. The van der Waals surface area contributed by atoms with Crippen LogP contribution in [0.4, 0.5) is 19.0 Å². The third-order valence-electron chi connectivity index (χ3n) is 4.76. The Bertz CT molecular complexity index is 1050. The van der Waals surface area contributed by atoms with Crippen molar-refractivity contribution < 1.29 is 18.0 Å². The van der Waals surface area contributed by atoms with E-state index in [2.05, 4.69) is 15.3 Å². The third kappa shape index (κ3) is 3.98. The molecular formula is C18H16ClF3N6O. The normalized spacial score (nSPS) is 15.2. The minimum atomic E-state index is -4.64. The number of hydrogen-bond acceptors (Lipinski definition) is 5. The number of piperazine rings is 1. The quantitative estimate of drug-likeness (QED) is 0.646. The maximum atomic E-state index is 13.0. The number of benzene rings is 1. The van der Waals surface area contributed by atoms with Crippen LogP contribution < -0.4 is 4.90 Å². The van der Waals surface area contributed by atoms with Gasteiger partial charge in [0.25, 0.3) is 5.82 Å². The van der Waals surface area contributed by atoms with Gasteiger partial charge in [0.05, 0.1) is 6.42 Å². The Hall–Kier alpha value is -2.88. The van der Waals surface area contributed by atoms with E-state index in [9.17, 15) is 18.0 Å². The Kier molecular flexibility index (Phi) is 5.03. The van der Waals surface area contributed by atoms with Gasteiger partial charge in [-0.25, -0.2) is 0 Å². The lowest BCUT2D eigenvalue weighted by Gasteiger charge is -2.35. The molecule has 2 aromatic heterocycles. The smallest absolute Gasteiger partial charge is 0.352 e. The Morgan fingerprint density at radius 1 is 1.03 bits per heavy atom. The number of carbonyl (C=O) groups is 1. The molecule has 0 saturated carbocycles. The van der Waals surface area contributed by atoms with Crippen molar-refractivity contribution in [1.29, 1.82) is 0 Å². The number of carbonyl (C=O) groups excluding carboxylic acids is 1. The molecule has 0 aliphatic carbocycles. The molecule has 152 valence electrons. The van der Waals surface area contributed by atoms with Gasteiger partial charge in [-0.2, -0.15) is 17.7 Å². The van der Waals surface area contributed by atoms with Crippen LogP contribution in [0.25, 0.3) is 5.65 Å². The Morgan fingerprint density at radius 3 is 2.45 bits per heavy atom. The highest BCUT2D eigenvalue weighted by Crippen LogP contribution is 2.28. The van der Waals surface area contributed by atoms with Crippen molar-refractivity contribution in [3.63, 3.8) is 0 Å². The predicted molar refractivity (Wildman–Crippen MR) is 99.7 cm³/mol. The van der Waals surface area contributed by atoms with Crippen LogP contribution in [0.3, 0.4) is 0 Å². The fraction of sp³-hybridized carbons (Fsp3) is 0.333. The number of hydrogen-bond donors (Lipinski definition) is 0. The standard InChI is InChI=1S/C18H16ClF3N6O/c19-13-4-2-1-3-12(13)11-16(29)27-9-7-26(8-10-27)15-6-5-14-23-24-17(18(20,21)22)28(14)25-15/h1-6H,7-11H2. The van der Waals surface area contributed by atoms with E-state index in [1.807, 2.05) is 17.0 Å². The van der Waals surface area contributed by atoms with E-state index in [0.29, 0.717) is 41.5 Å². The fourth-order valence-corrected chi connectivity index (χ4v) is 3.43. The predicted octanol–water partition coefficient (Wildman–Crippen LogP) is 2.69. The number of aromatic nitrogens is 4. The summed E-state index contributed by atoms with van der Waals surface area (Å²) in [6.45, 7) is 1.79. The number of amides is 1. The van der Waals surface area contributed by atoms with Crippen molar-refractivity contribution in [2.45, 2.75) is 12.6 Å². The molecule has 11 heteroatoms. The third-order valence-corrected chi connectivity index (χ3v) is 5.13. The molecule has 4 rings (SSSR count). The van der Waals surface area contributed by atoms with E-state index in [1.165, 1.54) is 6.07 Å². The van der Waals surface area contributed by atoms with Gasteiger partial charge in [0.2, 0.25) is 5.91 Å². The topological polar surface area (TPSA) is 66.6 Å². The van der Waals surface area contributed by atoms with Crippen LogP contribution >= 0.6 is 11.6 Å². The zero-order chi connectivity index (χ0) is 20.6. The number of anilines is 1. The molecule has 1 saturated heterocycles. The zero-order valence-corrected chi connectivity index (χ0v) is 15.9. The average molecular weight is 425 g/mol. The van der Waals surface area contributed by atoms with Gasteiger partial charge in [-0.1, -0.05) is 29.8 Å². The second-order valence-corrected chi connectivity index (χ2v) is 7.03. The highest BCUT2D eigenvalue weighted by molar-refractivity contribution is 6.31. The van der Waals surface area contributed by atoms with E-state index in [1.54, 1.807) is 23.1 Å². The van der Waals surface area contributed by atoms with Gasteiger partial charge in [0.15, 0.2) is 5.65 Å². The number of alkyl halides is 3. The van der Waals surface area contributed by atoms with Crippen molar-refractivity contribution in [3.8, 4) is 0 Å². The molecule has 3 aromatic rings. The molecule has 1 fully saturated rings. The van der Waals surface area contributed by atoms with Crippen molar-refractivity contribution in [3.05, 3.63) is 52.8 Å². The summed E-state index contributed by atoms with van der Waals surface area (Å²) in [5, 5.41) is 11.3. The lowest BCUT2D eigenvalue weighted by atomic mass is 10.1. The molecule has 1 aromatic carbocycles. The Labute approximate surface area is 168 Å². The van der Waals surface area contributed by atoms with Gasteiger partial charge >= 0.3 is 6.18 Å². The van der Waals surface area contributed by atoms with Crippen molar-refractivity contribution in [2.24, 2.45) is 0 Å². The summed E-state index contributed by atoms with van der Waals surface area (Å²) in [7, 11) is 0. The molecule has 1 amide bonds. The van der Waals surface area contributed by atoms with Crippen LogP contribution in [0, 0.1) is 0 Å². The first-order chi connectivity index (χ1) is 13.8. The minimum Gasteiger partial charge on any atom is -0.352 e. The van der Waals surface area contributed by atoms with E-state index in [4.69, 9.17) is 11.6 Å². The van der Waals surface area contributed by atoms with Crippen LogP contribution in [0.5, 0.6) is 0 Å². The van der Waals surface area contributed by atoms with Crippen LogP contribution in [-0.2, 0) is 17.4 Å². The van der Waals surface area contributed by atoms with Crippen LogP contribution in [0.1, 0.15) is 11.4 Å². The molecule has 0 N–H and O–H groups in total. The molecule has 3 heterocycles. The van der Waals surface area contributed by atoms with Gasteiger partial charge in [0.1, 0.15) is 5.82 Å². The molecule has 0 spiro atoms. The van der Waals surface area contributed by atoms with Crippen LogP contribution in [0.15, 0.2) is 36.4 Å². The molecular weight excluding hydrogens is 409 g/mol. The molecule has 1 aliphatic rings. The summed E-state index contributed by atoms with van der Waals surface area (Å²) >= 11 is 6.11.